The van der Waals surface area contributed by atoms with Gasteiger partial charge >= 0.3 is 0 Å². The first kappa shape index (κ1) is 10.5. The summed E-state index contributed by atoms with van der Waals surface area (Å²) in [4.78, 5) is 0. The molecule has 2 atom stereocenters. The molecule has 2 unspecified atom stereocenters. The van der Waals surface area contributed by atoms with Crippen LogP contribution in [0.4, 0.5) is 5.69 Å². The Morgan fingerprint density at radius 3 is 2.60 bits per heavy atom. The molecule has 1 fully saturated rings. The number of aliphatic hydroxyl groups excluding tert-OH is 1. The van der Waals surface area contributed by atoms with Crippen molar-refractivity contribution in [2.75, 3.05) is 5.32 Å². The number of hydrogen-bond donors (Lipinski definition) is 3. The third-order valence-electron chi connectivity index (χ3n) is 2.97. The van der Waals surface area contributed by atoms with E-state index in [1.165, 1.54) is 0 Å². The monoisotopic (exact) mass is 207 g/mol. The minimum Gasteiger partial charge on any atom is -0.388 e. The summed E-state index contributed by atoms with van der Waals surface area (Å²) in [6, 6.07) is 9.51. The average molecular weight is 207 g/mol. The van der Waals surface area contributed by atoms with Gasteiger partial charge in [-0.05, 0) is 31.4 Å². The van der Waals surface area contributed by atoms with Crippen LogP contribution in [0.15, 0.2) is 30.3 Å². The molecule has 0 spiro atoms. The van der Waals surface area contributed by atoms with E-state index in [1.807, 2.05) is 30.3 Å². The molecule has 3 heteroatoms. The molecule has 82 valence electrons. The molecule has 0 bridgehead atoms. The first-order valence-corrected chi connectivity index (χ1v) is 5.44. The zero-order valence-electron chi connectivity index (χ0n) is 8.69. The Hall–Kier alpha value is -1.06. The third kappa shape index (κ3) is 2.30. The van der Waals surface area contributed by atoms with E-state index < -0.39 is 11.8 Å². The average Bonchev–Trinajstić information content (AvgIpc) is 2.24. The first-order chi connectivity index (χ1) is 7.21. The van der Waals surface area contributed by atoms with Crippen LogP contribution in [0.5, 0.6) is 0 Å². The van der Waals surface area contributed by atoms with Gasteiger partial charge in [0.25, 0.3) is 0 Å². The topological polar surface area (TPSA) is 52.5 Å². The second-order valence-corrected chi connectivity index (χ2v) is 4.18. The van der Waals surface area contributed by atoms with Crippen molar-refractivity contribution >= 4 is 5.69 Å². The summed E-state index contributed by atoms with van der Waals surface area (Å²) in [6.07, 6.45) is 2.53. The van der Waals surface area contributed by atoms with Crippen molar-refractivity contribution < 1.29 is 10.2 Å². The van der Waals surface area contributed by atoms with Crippen LogP contribution < -0.4 is 5.32 Å². The molecule has 1 aliphatic rings. The fourth-order valence-corrected chi connectivity index (χ4v) is 2.05. The third-order valence-corrected chi connectivity index (χ3v) is 2.97. The molecule has 1 aromatic rings. The molecule has 2 rings (SSSR count). The van der Waals surface area contributed by atoms with Crippen molar-refractivity contribution in [2.45, 2.75) is 37.5 Å². The summed E-state index contributed by atoms with van der Waals surface area (Å²) < 4.78 is 0. The van der Waals surface area contributed by atoms with Crippen molar-refractivity contribution in [2.24, 2.45) is 0 Å². The molecule has 1 aromatic carbocycles. The predicted molar refractivity (Wildman–Crippen MR) is 59.5 cm³/mol. The van der Waals surface area contributed by atoms with E-state index in [1.54, 1.807) is 0 Å². The minimum atomic E-state index is -1.15. The number of aliphatic hydroxyl groups is 2. The molecule has 3 nitrogen and oxygen atoms in total. The summed E-state index contributed by atoms with van der Waals surface area (Å²) in [5.74, 6) is 0. The van der Waals surface area contributed by atoms with E-state index in [-0.39, 0.29) is 0 Å². The smallest absolute Gasteiger partial charge is 0.161 e. The molecule has 0 aromatic heterocycles. The summed E-state index contributed by atoms with van der Waals surface area (Å²) in [6.45, 7) is 0. The molecule has 0 saturated heterocycles. The molecule has 1 saturated carbocycles. The van der Waals surface area contributed by atoms with Crippen molar-refractivity contribution in [1.29, 1.82) is 0 Å². The fraction of sp³-hybridized carbons (Fsp3) is 0.500. The maximum atomic E-state index is 10.2. The first-order valence-electron chi connectivity index (χ1n) is 5.44. The summed E-state index contributed by atoms with van der Waals surface area (Å²) >= 11 is 0. The Morgan fingerprint density at radius 1 is 1.20 bits per heavy atom. The molecular formula is C12H17NO2. The molecule has 3 N–H and O–H groups in total. The van der Waals surface area contributed by atoms with E-state index in [2.05, 4.69) is 5.32 Å². The largest absolute Gasteiger partial charge is 0.388 e. The van der Waals surface area contributed by atoms with E-state index in [0.29, 0.717) is 12.8 Å². The zero-order valence-corrected chi connectivity index (χ0v) is 8.69. The van der Waals surface area contributed by atoms with E-state index in [0.717, 1.165) is 18.5 Å². The molecule has 0 heterocycles. The van der Waals surface area contributed by atoms with Crippen LogP contribution in [0.25, 0.3) is 0 Å². The molecule has 0 radical (unpaired) electrons. The van der Waals surface area contributed by atoms with Gasteiger partial charge in [0, 0.05) is 5.69 Å². The molecular weight excluding hydrogens is 190 g/mol. The molecule has 0 amide bonds. The van der Waals surface area contributed by atoms with Gasteiger partial charge in [-0.3, -0.25) is 0 Å². The van der Waals surface area contributed by atoms with Gasteiger partial charge < -0.3 is 15.5 Å². The van der Waals surface area contributed by atoms with Crippen LogP contribution in [0.3, 0.4) is 0 Å². The van der Waals surface area contributed by atoms with Crippen LogP contribution in [0.1, 0.15) is 25.7 Å². The van der Waals surface area contributed by atoms with Gasteiger partial charge in [-0.25, -0.2) is 0 Å². The van der Waals surface area contributed by atoms with E-state index in [9.17, 15) is 10.2 Å². The number of benzene rings is 1. The number of anilines is 1. The normalized spacial score (nSPS) is 31.2. The highest BCUT2D eigenvalue weighted by molar-refractivity contribution is 5.44. The van der Waals surface area contributed by atoms with Crippen molar-refractivity contribution in [3.05, 3.63) is 30.3 Å². The van der Waals surface area contributed by atoms with E-state index >= 15 is 0 Å². The molecule has 1 aliphatic carbocycles. The van der Waals surface area contributed by atoms with Gasteiger partial charge in [0.15, 0.2) is 5.72 Å². The molecule has 15 heavy (non-hydrogen) atoms. The van der Waals surface area contributed by atoms with Gasteiger partial charge in [0.1, 0.15) is 6.10 Å². The zero-order chi connectivity index (χ0) is 10.7. The van der Waals surface area contributed by atoms with Crippen LogP contribution >= 0.6 is 0 Å². The number of para-hydroxylation sites is 1. The van der Waals surface area contributed by atoms with Crippen molar-refractivity contribution in [3.63, 3.8) is 0 Å². The van der Waals surface area contributed by atoms with Gasteiger partial charge in [0.05, 0.1) is 0 Å². The highest BCUT2D eigenvalue weighted by atomic mass is 16.4. The van der Waals surface area contributed by atoms with Gasteiger partial charge in [-0.2, -0.15) is 0 Å². The lowest BCUT2D eigenvalue weighted by Crippen LogP contribution is -2.51. The Bertz CT molecular complexity index is 315. The lowest BCUT2D eigenvalue weighted by molar-refractivity contribution is -0.0794. The lowest BCUT2D eigenvalue weighted by Gasteiger charge is -2.38. The standard InChI is InChI=1S/C12H17NO2/c14-11-8-4-5-9-12(11,15)13-10-6-2-1-3-7-10/h1-3,6-7,11,13-15H,4-5,8-9H2. The van der Waals surface area contributed by atoms with Crippen LogP contribution in [-0.4, -0.2) is 22.0 Å². The fourth-order valence-electron chi connectivity index (χ4n) is 2.05. The Balaban J connectivity index is 2.09. The Labute approximate surface area is 89.8 Å². The highest BCUT2D eigenvalue weighted by Gasteiger charge is 2.37. The van der Waals surface area contributed by atoms with E-state index in [4.69, 9.17) is 0 Å². The minimum absolute atomic E-state index is 0.600. The van der Waals surface area contributed by atoms with Gasteiger partial charge in [0.2, 0.25) is 0 Å². The lowest BCUT2D eigenvalue weighted by atomic mass is 9.88. The van der Waals surface area contributed by atoms with Crippen LogP contribution in [-0.2, 0) is 0 Å². The van der Waals surface area contributed by atoms with Crippen LogP contribution in [0, 0.1) is 0 Å². The second-order valence-electron chi connectivity index (χ2n) is 4.18. The second kappa shape index (κ2) is 4.21. The highest BCUT2D eigenvalue weighted by Crippen LogP contribution is 2.29. The maximum absolute atomic E-state index is 10.2. The number of hydrogen-bond acceptors (Lipinski definition) is 3. The predicted octanol–water partition coefficient (Wildman–Crippen LogP) is 1.72. The Morgan fingerprint density at radius 2 is 1.93 bits per heavy atom. The maximum Gasteiger partial charge on any atom is 0.161 e. The number of rotatable bonds is 2. The molecule has 0 aliphatic heterocycles. The van der Waals surface area contributed by atoms with Crippen molar-refractivity contribution in [3.8, 4) is 0 Å². The quantitative estimate of drug-likeness (QED) is 0.647. The SMILES string of the molecule is OC1CCCCC1(O)Nc1ccccc1. The summed E-state index contributed by atoms with van der Waals surface area (Å²) in [7, 11) is 0. The summed E-state index contributed by atoms with van der Waals surface area (Å²) in [5.41, 5.74) is -0.305. The van der Waals surface area contributed by atoms with Gasteiger partial charge in [-0.15, -0.1) is 0 Å². The number of nitrogens with one attached hydrogen (secondary N) is 1. The van der Waals surface area contributed by atoms with Gasteiger partial charge in [-0.1, -0.05) is 24.6 Å². The van der Waals surface area contributed by atoms with Crippen molar-refractivity contribution in [1.82, 2.24) is 0 Å². The van der Waals surface area contributed by atoms with Crippen LogP contribution in [0.2, 0.25) is 0 Å². The Kier molecular flexibility index (Phi) is 2.93. The summed E-state index contributed by atoms with van der Waals surface area (Å²) in [5, 5.41) is 23.0.